The van der Waals surface area contributed by atoms with Gasteiger partial charge >= 0.3 is 0 Å². The van der Waals surface area contributed by atoms with E-state index in [2.05, 4.69) is 41.4 Å². The number of hydrogen-bond acceptors (Lipinski definition) is 3. The fourth-order valence-corrected chi connectivity index (χ4v) is 2.57. The molecule has 18 heavy (non-hydrogen) atoms. The second kappa shape index (κ2) is 6.88. The number of fused-ring (bicyclic) bond motifs is 1. The molecule has 0 aliphatic carbocycles. The number of nitrogens with zero attached hydrogens (tertiary/aromatic N) is 1. The Bertz CT molecular complexity index is 340. The molecule has 0 saturated carbocycles. The molecule has 1 atom stereocenters. The zero-order valence-corrected chi connectivity index (χ0v) is 11.2. The Morgan fingerprint density at radius 3 is 2.39 bits per heavy atom. The lowest BCUT2D eigenvalue weighted by Gasteiger charge is -2.23. The second-order valence-electron chi connectivity index (χ2n) is 5.03. The van der Waals surface area contributed by atoms with Crippen LogP contribution in [0.4, 0.5) is 0 Å². The van der Waals surface area contributed by atoms with E-state index in [9.17, 15) is 5.11 Å². The summed E-state index contributed by atoms with van der Waals surface area (Å²) >= 11 is 0. The predicted molar refractivity (Wildman–Crippen MR) is 74.8 cm³/mol. The lowest BCUT2D eigenvalue weighted by Crippen LogP contribution is -2.39. The number of benzene rings is 1. The number of nitrogens with one attached hydrogen (secondary N) is 1. The fraction of sp³-hybridized carbons (Fsp3) is 0.600. The van der Waals surface area contributed by atoms with E-state index in [1.165, 1.54) is 11.1 Å². The Morgan fingerprint density at radius 1 is 1.22 bits per heavy atom. The first-order valence-corrected chi connectivity index (χ1v) is 6.97. The summed E-state index contributed by atoms with van der Waals surface area (Å²) in [4.78, 5) is 2.38. The highest BCUT2D eigenvalue weighted by Gasteiger charge is 2.15. The van der Waals surface area contributed by atoms with Crippen molar-refractivity contribution in [3.63, 3.8) is 0 Å². The number of aliphatic hydroxyl groups excluding tert-OH is 1. The molecule has 100 valence electrons. The van der Waals surface area contributed by atoms with Crippen molar-refractivity contribution in [1.82, 2.24) is 10.2 Å². The Labute approximate surface area is 110 Å². The van der Waals surface area contributed by atoms with Crippen molar-refractivity contribution in [3.05, 3.63) is 35.4 Å². The van der Waals surface area contributed by atoms with Crippen molar-refractivity contribution in [2.24, 2.45) is 0 Å². The van der Waals surface area contributed by atoms with Crippen LogP contribution in [-0.2, 0) is 12.8 Å². The standard InChI is InChI=1S/C15H24N2O/c1-2-16-11-15(18)12-17-9-7-13-5-3-4-6-14(13)8-10-17/h3-6,15-16,18H,2,7-12H2,1H3. The van der Waals surface area contributed by atoms with Crippen LogP contribution in [0.3, 0.4) is 0 Å². The van der Waals surface area contributed by atoms with Gasteiger partial charge in [0.25, 0.3) is 0 Å². The average Bonchev–Trinajstić information content (AvgIpc) is 2.59. The number of hydrogen-bond donors (Lipinski definition) is 2. The van der Waals surface area contributed by atoms with Crippen molar-refractivity contribution in [2.75, 3.05) is 32.7 Å². The molecule has 1 heterocycles. The van der Waals surface area contributed by atoms with Gasteiger partial charge in [0, 0.05) is 26.2 Å². The van der Waals surface area contributed by atoms with Crippen molar-refractivity contribution in [2.45, 2.75) is 25.9 Å². The van der Waals surface area contributed by atoms with Gasteiger partial charge < -0.3 is 15.3 Å². The van der Waals surface area contributed by atoms with Gasteiger partial charge in [-0.2, -0.15) is 0 Å². The molecule has 1 aliphatic heterocycles. The Morgan fingerprint density at radius 2 is 1.83 bits per heavy atom. The number of β-amino-alcohol motifs (C(OH)–C–C–N with tert-alkyl or cyclic N) is 1. The molecule has 0 saturated heterocycles. The monoisotopic (exact) mass is 248 g/mol. The Balaban J connectivity index is 1.84. The average molecular weight is 248 g/mol. The zero-order valence-electron chi connectivity index (χ0n) is 11.2. The van der Waals surface area contributed by atoms with Crippen molar-refractivity contribution in [1.29, 1.82) is 0 Å². The van der Waals surface area contributed by atoms with Crippen molar-refractivity contribution in [3.8, 4) is 0 Å². The van der Waals surface area contributed by atoms with Gasteiger partial charge in [-0.3, -0.25) is 0 Å². The first-order valence-electron chi connectivity index (χ1n) is 6.97. The van der Waals surface area contributed by atoms with E-state index in [-0.39, 0.29) is 6.10 Å². The summed E-state index contributed by atoms with van der Waals surface area (Å²) in [7, 11) is 0. The van der Waals surface area contributed by atoms with E-state index in [1.54, 1.807) is 0 Å². The summed E-state index contributed by atoms with van der Waals surface area (Å²) in [5, 5.41) is 13.1. The summed E-state index contributed by atoms with van der Waals surface area (Å²) in [6.45, 7) is 6.57. The van der Waals surface area contributed by atoms with Gasteiger partial charge in [0.1, 0.15) is 0 Å². The lowest BCUT2D eigenvalue weighted by atomic mass is 10.0. The Kier molecular flexibility index (Phi) is 5.17. The first kappa shape index (κ1) is 13.5. The van der Waals surface area contributed by atoms with E-state index < -0.39 is 0 Å². The minimum Gasteiger partial charge on any atom is -0.390 e. The minimum absolute atomic E-state index is 0.258. The summed E-state index contributed by atoms with van der Waals surface area (Å²) < 4.78 is 0. The lowest BCUT2D eigenvalue weighted by molar-refractivity contribution is 0.114. The summed E-state index contributed by atoms with van der Waals surface area (Å²) in [6.07, 6.45) is 1.94. The highest BCUT2D eigenvalue weighted by atomic mass is 16.3. The molecule has 2 rings (SSSR count). The number of likely N-dealkylation sites (N-methyl/N-ethyl adjacent to an activating group) is 1. The van der Waals surface area contributed by atoms with Crippen molar-refractivity contribution < 1.29 is 5.11 Å². The van der Waals surface area contributed by atoms with Crippen LogP contribution < -0.4 is 5.32 Å². The van der Waals surface area contributed by atoms with E-state index >= 15 is 0 Å². The van der Waals surface area contributed by atoms with Crippen LogP contribution in [-0.4, -0.2) is 48.8 Å². The van der Waals surface area contributed by atoms with Crippen LogP contribution in [0.15, 0.2) is 24.3 Å². The van der Waals surface area contributed by atoms with Crippen LogP contribution in [0.5, 0.6) is 0 Å². The highest BCUT2D eigenvalue weighted by molar-refractivity contribution is 5.28. The predicted octanol–water partition coefficient (Wildman–Crippen LogP) is 1.06. The van der Waals surface area contributed by atoms with Crippen LogP contribution in [0.25, 0.3) is 0 Å². The van der Waals surface area contributed by atoms with E-state index in [0.29, 0.717) is 6.54 Å². The molecular formula is C15H24N2O. The first-order chi connectivity index (χ1) is 8.79. The molecule has 0 bridgehead atoms. The molecule has 2 N–H and O–H groups in total. The topological polar surface area (TPSA) is 35.5 Å². The van der Waals surface area contributed by atoms with Gasteiger partial charge in [0.05, 0.1) is 6.10 Å². The van der Waals surface area contributed by atoms with Gasteiger partial charge in [-0.05, 0) is 30.5 Å². The molecular weight excluding hydrogens is 224 g/mol. The maximum absolute atomic E-state index is 9.94. The van der Waals surface area contributed by atoms with E-state index in [4.69, 9.17) is 0 Å². The van der Waals surface area contributed by atoms with Gasteiger partial charge in [0.15, 0.2) is 0 Å². The summed E-state index contributed by atoms with van der Waals surface area (Å²) in [6, 6.07) is 8.70. The third kappa shape index (κ3) is 3.80. The second-order valence-corrected chi connectivity index (χ2v) is 5.03. The molecule has 1 aromatic rings. The Hall–Kier alpha value is -0.900. The fourth-order valence-electron chi connectivity index (χ4n) is 2.57. The molecule has 0 radical (unpaired) electrons. The van der Waals surface area contributed by atoms with Gasteiger partial charge in [-0.15, -0.1) is 0 Å². The van der Waals surface area contributed by atoms with Gasteiger partial charge in [-0.1, -0.05) is 31.2 Å². The van der Waals surface area contributed by atoms with Gasteiger partial charge in [0.2, 0.25) is 0 Å². The molecule has 0 amide bonds. The molecule has 3 nitrogen and oxygen atoms in total. The SMILES string of the molecule is CCNCC(O)CN1CCc2ccccc2CC1. The molecule has 0 spiro atoms. The molecule has 0 fully saturated rings. The molecule has 0 aromatic heterocycles. The zero-order chi connectivity index (χ0) is 12.8. The quantitative estimate of drug-likeness (QED) is 0.818. The van der Waals surface area contributed by atoms with Gasteiger partial charge in [-0.25, -0.2) is 0 Å². The maximum Gasteiger partial charge on any atom is 0.0791 e. The normalized spacial score (nSPS) is 18.1. The van der Waals surface area contributed by atoms with Crippen molar-refractivity contribution >= 4 is 0 Å². The number of aliphatic hydroxyl groups is 1. The smallest absolute Gasteiger partial charge is 0.0791 e. The van der Waals surface area contributed by atoms with Crippen LogP contribution in [0.2, 0.25) is 0 Å². The van der Waals surface area contributed by atoms with E-state index in [1.807, 2.05) is 0 Å². The number of rotatable bonds is 5. The maximum atomic E-state index is 9.94. The third-order valence-corrected chi connectivity index (χ3v) is 3.61. The van der Waals surface area contributed by atoms with Crippen LogP contribution in [0, 0.1) is 0 Å². The minimum atomic E-state index is -0.258. The third-order valence-electron chi connectivity index (χ3n) is 3.61. The summed E-state index contributed by atoms with van der Waals surface area (Å²) in [5.74, 6) is 0. The summed E-state index contributed by atoms with van der Waals surface area (Å²) in [5.41, 5.74) is 2.95. The van der Waals surface area contributed by atoms with E-state index in [0.717, 1.165) is 39.0 Å². The highest BCUT2D eigenvalue weighted by Crippen LogP contribution is 2.15. The molecule has 1 unspecified atom stereocenters. The molecule has 1 aliphatic rings. The van der Waals surface area contributed by atoms with Crippen LogP contribution >= 0.6 is 0 Å². The molecule has 3 heteroatoms. The largest absolute Gasteiger partial charge is 0.390 e. The van der Waals surface area contributed by atoms with Crippen LogP contribution in [0.1, 0.15) is 18.1 Å². The molecule has 1 aromatic carbocycles.